The molecular formula is C22H32N4OS2. The van der Waals surface area contributed by atoms with E-state index in [1.54, 1.807) is 22.7 Å². The third-order valence-electron chi connectivity index (χ3n) is 6.10. The molecule has 158 valence electrons. The molecule has 0 saturated heterocycles. The maximum atomic E-state index is 12.8. The van der Waals surface area contributed by atoms with Gasteiger partial charge in [-0.15, -0.1) is 22.7 Å². The van der Waals surface area contributed by atoms with Gasteiger partial charge >= 0.3 is 0 Å². The molecule has 0 unspecified atom stereocenters. The van der Waals surface area contributed by atoms with Gasteiger partial charge in [0.25, 0.3) is 0 Å². The highest BCUT2D eigenvalue weighted by molar-refractivity contribution is 7.22. The maximum Gasteiger partial charge on any atom is 0.138 e. The average Bonchev–Trinajstić information content (AvgIpc) is 3.26. The second-order valence-corrected chi connectivity index (χ2v) is 10.5. The van der Waals surface area contributed by atoms with Crippen LogP contribution in [0.15, 0.2) is 18.5 Å². The van der Waals surface area contributed by atoms with Gasteiger partial charge in [-0.1, -0.05) is 0 Å². The number of carbonyl (C=O) groups is 1. The molecule has 7 heteroatoms. The standard InChI is InChI=1S/C22H26N4OS2.3H2/c23-14-8-13(9-14)2-1-3-15(27)10-19-21(16-4-6-25-12-20(16)28-19)22-26-17-11-24-7-5-18(17)29-22;;;/h5,7,11,13-14,25H,1-4,6,8-10,12,23H2;3*1H. The van der Waals surface area contributed by atoms with E-state index >= 15 is 0 Å². The Kier molecular flexibility index (Phi) is 5.47. The normalized spacial score (nSPS) is 21.1. The Morgan fingerprint density at radius 2 is 2.24 bits per heavy atom. The zero-order valence-electron chi connectivity index (χ0n) is 16.4. The number of aromatic nitrogens is 2. The van der Waals surface area contributed by atoms with E-state index in [-0.39, 0.29) is 4.28 Å². The number of nitrogens with zero attached hydrogens (tertiary/aromatic N) is 2. The van der Waals surface area contributed by atoms with Crippen LogP contribution in [0.5, 0.6) is 0 Å². The number of thiazole rings is 1. The van der Waals surface area contributed by atoms with Gasteiger partial charge in [0, 0.05) is 51.2 Å². The third kappa shape index (κ3) is 4.01. The van der Waals surface area contributed by atoms with Crippen LogP contribution in [0, 0.1) is 5.92 Å². The summed E-state index contributed by atoms with van der Waals surface area (Å²) in [6, 6.07) is 2.42. The van der Waals surface area contributed by atoms with Gasteiger partial charge in [0.1, 0.15) is 16.3 Å². The van der Waals surface area contributed by atoms with Crippen LogP contribution >= 0.6 is 22.7 Å². The van der Waals surface area contributed by atoms with E-state index in [1.807, 2.05) is 18.5 Å². The smallest absolute Gasteiger partial charge is 0.138 e. The topological polar surface area (TPSA) is 80.9 Å². The van der Waals surface area contributed by atoms with Crippen molar-refractivity contribution in [1.29, 1.82) is 0 Å². The van der Waals surface area contributed by atoms with Crippen LogP contribution in [0.4, 0.5) is 0 Å². The van der Waals surface area contributed by atoms with Crippen LogP contribution in [-0.4, -0.2) is 28.3 Å². The van der Waals surface area contributed by atoms with Crippen LogP contribution in [-0.2, 0) is 24.2 Å². The predicted molar refractivity (Wildman–Crippen MR) is 126 cm³/mol. The maximum absolute atomic E-state index is 12.8. The lowest BCUT2D eigenvalue weighted by atomic mass is 9.78. The Morgan fingerprint density at radius 1 is 1.34 bits per heavy atom. The van der Waals surface area contributed by atoms with E-state index in [0.717, 1.165) is 66.3 Å². The van der Waals surface area contributed by atoms with Gasteiger partial charge in [-0.25, -0.2) is 4.98 Å². The van der Waals surface area contributed by atoms with Crippen molar-refractivity contribution in [3.8, 4) is 10.6 Å². The molecule has 1 saturated carbocycles. The van der Waals surface area contributed by atoms with Gasteiger partial charge in [-0.05, 0) is 56.2 Å². The molecule has 5 nitrogen and oxygen atoms in total. The first-order valence-electron chi connectivity index (χ1n) is 10.5. The molecule has 0 atom stereocenters. The molecule has 3 aromatic rings. The van der Waals surface area contributed by atoms with E-state index in [4.69, 9.17) is 10.7 Å². The predicted octanol–water partition coefficient (Wildman–Crippen LogP) is 4.82. The number of rotatable bonds is 7. The number of hydrogen-bond donors (Lipinski definition) is 2. The summed E-state index contributed by atoms with van der Waals surface area (Å²) >= 11 is 3.52. The number of Topliss-reactive ketones (excluding diaryl/α,β-unsaturated/α-hetero) is 1. The van der Waals surface area contributed by atoms with Crippen molar-refractivity contribution in [3.05, 3.63) is 33.8 Å². The van der Waals surface area contributed by atoms with Gasteiger partial charge in [0.15, 0.2) is 0 Å². The van der Waals surface area contributed by atoms with Crippen molar-refractivity contribution in [2.45, 2.75) is 57.5 Å². The second-order valence-electron chi connectivity index (χ2n) is 8.30. The van der Waals surface area contributed by atoms with Crippen LogP contribution in [0.2, 0.25) is 0 Å². The summed E-state index contributed by atoms with van der Waals surface area (Å²) in [4.78, 5) is 24.4. The summed E-state index contributed by atoms with van der Waals surface area (Å²) in [7, 11) is 0. The van der Waals surface area contributed by atoms with E-state index in [9.17, 15) is 4.79 Å². The first-order chi connectivity index (χ1) is 14.2. The highest BCUT2D eigenvalue weighted by Gasteiger charge is 2.27. The molecule has 3 N–H and O–H groups in total. The van der Waals surface area contributed by atoms with E-state index < -0.39 is 0 Å². The quantitative estimate of drug-likeness (QED) is 0.559. The molecule has 0 spiro atoms. The lowest BCUT2D eigenvalue weighted by molar-refractivity contribution is -0.118. The lowest BCUT2D eigenvalue weighted by Crippen LogP contribution is -2.36. The molecule has 1 aliphatic carbocycles. The number of hydrogen-bond acceptors (Lipinski definition) is 7. The molecule has 5 rings (SSSR count). The molecule has 0 amide bonds. The second kappa shape index (κ2) is 8.22. The Hall–Kier alpha value is -1.67. The minimum absolute atomic E-state index is 0. The molecule has 3 aromatic heterocycles. The molecule has 0 aromatic carbocycles. The summed E-state index contributed by atoms with van der Waals surface area (Å²) in [5.74, 6) is 1.09. The SMILES string of the molecule is NC1CC(CCCC(=O)Cc2sc3c(c2-c2nc4cnccc4s2)CCNC3)C1.[HH].[HH].[HH]. The average molecular weight is 433 g/mol. The number of nitrogens with two attached hydrogens (primary N) is 1. The number of pyridine rings is 1. The highest BCUT2D eigenvalue weighted by Crippen LogP contribution is 2.42. The van der Waals surface area contributed by atoms with E-state index in [1.165, 1.54) is 20.9 Å². The number of carbonyl (C=O) groups excluding carboxylic acids is 1. The van der Waals surface area contributed by atoms with Crippen LogP contribution in [0.3, 0.4) is 0 Å². The van der Waals surface area contributed by atoms with E-state index in [2.05, 4.69) is 10.3 Å². The largest absolute Gasteiger partial charge is 0.328 e. The van der Waals surface area contributed by atoms with Crippen molar-refractivity contribution < 1.29 is 9.07 Å². The van der Waals surface area contributed by atoms with Gasteiger partial charge in [0.05, 0.1) is 10.9 Å². The number of ketones is 1. The van der Waals surface area contributed by atoms with Crippen LogP contribution in [0.25, 0.3) is 20.8 Å². The molecule has 2 aliphatic rings. The molecule has 0 bridgehead atoms. The number of nitrogens with one attached hydrogen (secondary N) is 1. The minimum Gasteiger partial charge on any atom is -0.328 e. The summed E-state index contributed by atoms with van der Waals surface area (Å²) in [6.45, 7) is 1.88. The third-order valence-corrected chi connectivity index (χ3v) is 8.39. The van der Waals surface area contributed by atoms with E-state index in [0.29, 0.717) is 24.7 Å². The fourth-order valence-electron chi connectivity index (χ4n) is 4.53. The molecule has 29 heavy (non-hydrogen) atoms. The van der Waals surface area contributed by atoms with Crippen LogP contribution in [0.1, 0.15) is 51.7 Å². The Bertz CT molecular complexity index is 1020. The van der Waals surface area contributed by atoms with Crippen molar-refractivity contribution in [2.24, 2.45) is 11.7 Å². The van der Waals surface area contributed by atoms with Gasteiger partial charge in [-0.3, -0.25) is 9.78 Å². The Labute approximate surface area is 183 Å². The van der Waals surface area contributed by atoms with Crippen molar-refractivity contribution in [3.63, 3.8) is 0 Å². The van der Waals surface area contributed by atoms with Crippen molar-refractivity contribution in [1.82, 2.24) is 15.3 Å². The lowest BCUT2D eigenvalue weighted by Gasteiger charge is -2.32. The molecule has 1 fully saturated rings. The number of fused-ring (bicyclic) bond motifs is 2. The number of thiophene rings is 1. The first kappa shape index (κ1) is 19.3. The fraction of sp³-hybridized carbons (Fsp3) is 0.500. The monoisotopic (exact) mass is 432 g/mol. The molecular weight excluding hydrogens is 400 g/mol. The zero-order valence-corrected chi connectivity index (χ0v) is 18.1. The zero-order chi connectivity index (χ0) is 19.8. The minimum atomic E-state index is 0. The Balaban J connectivity index is 0.00000121. The highest BCUT2D eigenvalue weighted by atomic mass is 32.1. The fourth-order valence-corrected chi connectivity index (χ4v) is 6.98. The summed E-state index contributed by atoms with van der Waals surface area (Å²) in [5, 5.41) is 4.50. The molecule has 4 heterocycles. The van der Waals surface area contributed by atoms with Gasteiger partial charge in [0.2, 0.25) is 0 Å². The van der Waals surface area contributed by atoms with Crippen molar-refractivity contribution in [2.75, 3.05) is 6.54 Å². The first-order valence-corrected chi connectivity index (χ1v) is 12.1. The summed E-state index contributed by atoms with van der Waals surface area (Å²) in [5.41, 5.74) is 9.44. The Morgan fingerprint density at radius 3 is 3.07 bits per heavy atom. The van der Waals surface area contributed by atoms with Gasteiger partial charge < -0.3 is 11.1 Å². The molecule has 0 radical (unpaired) electrons. The molecule has 1 aliphatic heterocycles. The van der Waals surface area contributed by atoms with Gasteiger partial charge in [-0.2, -0.15) is 0 Å². The summed E-state index contributed by atoms with van der Waals surface area (Å²) in [6.07, 6.45) is 10.3. The summed E-state index contributed by atoms with van der Waals surface area (Å²) < 4.78 is 1.15. The van der Waals surface area contributed by atoms with Crippen LogP contribution < -0.4 is 11.1 Å². The van der Waals surface area contributed by atoms with Crippen molar-refractivity contribution >= 4 is 38.7 Å².